The number of nitrogens with one attached hydrogen (secondary N) is 1. The summed E-state index contributed by atoms with van der Waals surface area (Å²) in [5, 5.41) is 0. The van der Waals surface area contributed by atoms with Crippen molar-refractivity contribution in [1.82, 2.24) is 9.97 Å². The molecule has 1 aromatic carbocycles. The lowest BCUT2D eigenvalue weighted by molar-refractivity contribution is 0.895. The smallest absolute Gasteiger partial charge is 0.117 e. The lowest BCUT2D eigenvalue weighted by atomic mass is 10.3. The molecule has 0 saturated heterocycles. The monoisotopic (exact) mass is 235 g/mol. The van der Waals surface area contributed by atoms with Gasteiger partial charge in [-0.3, -0.25) is 0 Å². The van der Waals surface area contributed by atoms with Crippen LogP contribution in [0, 0.1) is 0 Å². The van der Waals surface area contributed by atoms with Crippen LogP contribution in [-0.2, 0) is 5.75 Å². The van der Waals surface area contributed by atoms with E-state index in [0.29, 0.717) is 0 Å². The van der Waals surface area contributed by atoms with Crippen LogP contribution >= 0.6 is 11.8 Å². The summed E-state index contributed by atoms with van der Waals surface area (Å²) < 4.78 is 0. The Morgan fingerprint density at radius 1 is 1.44 bits per heavy atom. The molecule has 0 bridgehead atoms. The molecule has 3 nitrogen and oxygen atoms in total. The Hall–Kier alpha value is -1.16. The van der Waals surface area contributed by atoms with Gasteiger partial charge in [-0.25, -0.2) is 4.98 Å². The van der Waals surface area contributed by atoms with Crippen LogP contribution in [0.3, 0.4) is 0 Å². The summed E-state index contributed by atoms with van der Waals surface area (Å²) in [5.41, 5.74) is 8.53. The largest absolute Gasteiger partial charge is 0.399 e. The Balaban J connectivity index is 2.02. The van der Waals surface area contributed by atoms with Gasteiger partial charge in [-0.2, -0.15) is 11.8 Å². The molecular formula is C12H17N3S. The Kier molecular flexibility index (Phi) is 3.72. The van der Waals surface area contributed by atoms with E-state index in [2.05, 4.69) is 16.9 Å². The molecule has 16 heavy (non-hydrogen) atoms. The van der Waals surface area contributed by atoms with Crippen LogP contribution < -0.4 is 5.73 Å². The molecule has 2 rings (SSSR count). The number of H-pyrrole nitrogens is 1. The van der Waals surface area contributed by atoms with Gasteiger partial charge in [0, 0.05) is 5.69 Å². The van der Waals surface area contributed by atoms with Crippen LogP contribution in [0.5, 0.6) is 0 Å². The zero-order chi connectivity index (χ0) is 11.4. The van der Waals surface area contributed by atoms with Gasteiger partial charge in [-0.1, -0.05) is 13.3 Å². The first-order valence-electron chi connectivity index (χ1n) is 5.61. The van der Waals surface area contributed by atoms with E-state index in [-0.39, 0.29) is 0 Å². The maximum Gasteiger partial charge on any atom is 0.117 e. The highest BCUT2D eigenvalue weighted by molar-refractivity contribution is 7.98. The summed E-state index contributed by atoms with van der Waals surface area (Å²) >= 11 is 1.93. The predicted octanol–water partition coefficient (Wildman–Crippen LogP) is 3.18. The number of rotatable bonds is 5. The summed E-state index contributed by atoms with van der Waals surface area (Å²) in [7, 11) is 0. The van der Waals surface area contributed by atoms with Crippen molar-refractivity contribution in [3.63, 3.8) is 0 Å². The average molecular weight is 235 g/mol. The number of hydrogen-bond acceptors (Lipinski definition) is 3. The van der Waals surface area contributed by atoms with E-state index in [1.54, 1.807) is 0 Å². The van der Waals surface area contributed by atoms with Crippen LogP contribution in [-0.4, -0.2) is 15.7 Å². The van der Waals surface area contributed by atoms with E-state index in [4.69, 9.17) is 5.73 Å². The Labute approximate surface area is 99.8 Å². The second-order valence-electron chi connectivity index (χ2n) is 3.87. The van der Waals surface area contributed by atoms with E-state index >= 15 is 0 Å². The van der Waals surface area contributed by atoms with Crippen molar-refractivity contribution in [2.75, 3.05) is 11.5 Å². The molecule has 3 N–H and O–H groups in total. The van der Waals surface area contributed by atoms with Crippen molar-refractivity contribution in [2.45, 2.75) is 25.5 Å². The van der Waals surface area contributed by atoms with E-state index < -0.39 is 0 Å². The third-order valence-electron chi connectivity index (χ3n) is 2.44. The first kappa shape index (κ1) is 11.3. The molecule has 0 aliphatic heterocycles. The molecule has 86 valence electrons. The Morgan fingerprint density at radius 2 is 2.31 bits per heavy atom. The molecule has 0 saturated carbocycles. The number of nitrogen functional groups attached to an aromatic ring is 1. The number of anilines is 1. The minimum absolute atomic E-state index is 0.779. The van der Waals surface area contributed by atoms with Gasteiger partial charge in [0.05, 0.1) is 16.8 Å². The number of unbranched alkanes of at least 4 members (excludes halogenated alkanes) is 1. The first-order valence-corrected chi connectivity index (χ1v) is 6.77. The maximum atomic E-state index is 5.72. The summed E-state index contributed by atoms with van der Waals surface area (Å²) in [6.07, 6.45) is 2.53. The van der Waals surface area contributed by atoms with Gasteiger partial charge >= 0.3 is 0 Å². The highest BCUT2D eigenvalue weighted by atomic mass is 32.2. The number of aromatic amines is 1. The molecule has 0 unspecified atom stereocenters. The third-order valence-corrected chi connectivity index (χ3v) is 3.49. The van der Waals surface area contributed by atoms with Gasteiger partial charge in [0.25, 0.3) is 0 Å². The van der Waals surface area contributed by atoms with E-state index in [0.717, 1.165) is 28.3 Å². The maximum absolute atomic E-state index is 5.72. The second-order valence-corrected chi connectivity index (χ2v) is 4.97. The number of hydrogen-bond donors (Lipinski definition) is 2. The minimum Gasteiger partial charge on any atom is -0.399 e. The molecule has 0 aliphatic rings. The van der Waals surface area contributed by atoms with Gasteiger partial charge in [-0.05, 0) is 30.4 Å². The molecule has 4 heteroatoms. The lowest BCUT2D eigenvalue weighted by Gasteiger charge is -1.96. The van der Waals surface area contributed by atoms with E-state index in [1.165, 1.54) is 18.6 Å². The van der Waals surface area contributed by atoms with Crippen LogP contribution in [0.1, 0.15) is 25.6 Å². The van der Waals surface area contributed by atoms with Crippen LogP contribution in [0.15, 0.2) is 18.2 Å². The lowest BCUT2D eigenvalue weighted by Crippen LogP contribution is -1.85. The number of fused-ring (bicyclic) bond motifs is 1. The van der Waals surface area contributed by atoms with Gasteiger partial charge in [0.2, 0.25) is 0 Å². The molecule has 0 radical (unpaired) electrons. The van der Waals surface area contributed by atoms with E-state index in [9.17, 15) is 0 Å². The van der Waals surface area contributed by atoms with Crippen molar-refractivity contribution < 1.29 is 0 Å². The number of imidazole rings is 1. The quantitative estimate of drug-likeness (QED) is 0.618. The van der Waals surface area contributed by atoms with E-state index in [1.807, 2.05) is 30.0 Å². The zero-order valence-corrected chi connectivity index (χ0v) is 10.3. The van der Waals surface area contributed by atoms with Crippen molar-refractivity contribution >= 4 is 28.5 Å². The van der Waals surface area contributed by atoms with Crippen molar-refractivity contribution in [3.05, 3.63) is 24.0 Å². The summed E-state index contributed by atoms with van der Waals surface area (Å²) in [6.45, 7) is 2.21. The van der Waals surface area contributed by atoms with Gasteiger partial charge in [0.1, 0.15) is 5.82 Å². The molecular weight excluding hydrogens is 218 g/mol. The predicted molar refractivity (Wildman–Crippen MR) is 71.6 cm³/mol. The fourth-order valence-corrected chi connectivity index (χ4v) is 2.53. The number of nitrogens with zero attached hydrogens (tertiary/aromatic N) is 1. The molecule has 1 heterocycles. The van der Waals surface area contributed by atoms with Crippen molar-refractivity contribution in [3.8, 4) is 0 Å². The SMILES string of the molecule is CCCCSCc1nc2ccc(N)cc2[nH]1. The zero-order valence-electron chi connectivity index (χ0n) is 9.49. The number of thioether (sulfide) groups is 1. The molecule has 0 spiro atoms. The summed E-state index contributed by atoms with van der Waals surface area (Å²) in [5.74, 6) is 3.20. The standard InChI is InChI=1S/C12H17N3S/c1-2-3-6-16-8-12-14-10-5-4-9(13)7-11(10)15-12/h4-5,7H,2-3,6,8,13H2,1H3,(H,14,15). The first-order chi connectivity index (χ1) is 7.79. The van der Waals surface area contributed by atoms with Gasteiger partial charge < -0.3 is 10.7 Å². The highest BCUT2D eigenvalue weighted by Crippen LogP contribution is 2.18. The normalized spacial score (nSPS) is 11.1. The highest BCUT2D eigenvalue weighted by Gasteiger charge is 2.02. The topological polar surface area (TPSA) is 54.7 Å². The number of nitrogens with two attached hydrogens (primary N) is 1. The summed E-state index contributed by atoms with van der Waals surface area (Å²) in [4.78, 5) is 7.82. The van der Waals surface area contributed by atoms with Crippen molar-refractivity contribution in [2.24, 2.45) is 0 Å². The number of benzene rings is 1. The fourth-order valence-electron chi connectivity index (χ4n) is 1.56. The molecule has 2 aromatic rings. The molecule has 1 aromatic heterocycles. The van der Waals surface area contributed by atoms with Crippen molar-refractivity contribution in [1.29, 1.82) is 0 Å². The molecule has 0 aliphatic carbocycles. The Morgan fingerprint density at radius 3 is 3.12 bits per heavy atom. The fraction of sp³-hybridized carbons (Fsp3) is 0.417. The molecule has 0 atom stereocenters. The second kappa shape index (κ2) is 5.25. The molecule has 0 fully saturated rings. The molecule has 0 amide bonds. The summed E-state index contributed by atoms with van der Waals surface area (Å²) in [6, 6.07) is 5.78. The van der Waals surface area contributed by atoms with Crippen LogP contribution in [0.25, 0.3) is 11.0 Å². The van der Waals surface area contributed by atoms with Crippen LogP contribution in [0.2, 0.25) is 0 Å². The number of aromatic nitrogens is 2. The minimum atomic E-state index is 0.779. The van der Waals surface area contributed by atoms with Gasteiger partial charge in [0.15, 0.2) is 0 Å². The average Bonchev–Trinajstić information content (AvgIpc) is 2.66. The van der Waals surface area contributed by atoms with Gasteiger partial charge in [-0.15, -0.1) is 0 Å². The van der Waals surface area contributed by atoms with Crippen LogP contribution in [0.4, 0.5) is 5.69 Å². The third kappa shape index (κ3) is 2.70. The Bertz CT molecular complexity index is 464.